The second-order valence-electron chi connectivity index (χ2n) is 11.6. The number of carbonyl (C=O) groups excluding carboxylic acids is 1. The Bertz CT molecular complexity index is 1250. The van der Waals surface area contributed by atoms with Crippen LogP contribution in [0.1, 0.15) is 49.8 Å². The molecule has 1 aliphatic heterocycles. The molecule has 226 valence electrons. The first-order valence-electron chi connectivity index (χ1n) is 14.3. The lowest BCUT2D eigenvalue weighted by atomic mass is 10.0. The summed E-state index contributed by atoms with van der Waals surface area (Å²) in [6.45, 7) is 6.42. The molecule has 2 fully saturated rings. The number of sulfonamides is 1. The summed E-state index contributed by atoms with van der Waals surface area (Å²) in [6, 6.07) is 13.3. The Morgan fingerprint density at radius 2 is 1.90 bits per heavy atom. The number of rotatable bonds is 13. The van der Waals surface area contributed by atoms with Crippen molar-refractivity contribution in [3.63, 3.8) is 0 Å². The van der Waals surface area contributed by atoms with Gasteiger partial charge in [0.2, 0.25) is 0 Å². The maximum Gasteiger partial charge on any atom is 0.407 e. The second kappa shape index (κ2) is 14.1. The van der Waals surface area contributed by atoms with Crippen molar-refractivity contribution in [2.45, 2.75) is 82.3 Å². The number of aryl methyl sites for hydroxylation is 1. The minimum absolute atomic E-state index is 0.0169. The summed E-state index contributed by atoms with van der Waals surface area (Å²) in [4.78, 5) is 15.6. The number of alkyl carbamates (subject to hydrolysis) is 1. The smallest absolute Gasteiger partial charge is 0.407 e. The number of aliphatic hydroxyl groups excluding tert-OH is 2. The van der Waals surface area contributed by atoms with E-state index < -0.39 is 28.3 Å². The number of nitrogens with one attached hydrogen (secondary N) is 2. The van der Waals surface area contributed by atoms with Crippen LogP contribution in [0.5, 0.6) is 0 Å². The fourth-order valence-corrected chi connectivity index (χ4v) is 6.79. The standard InChI is InChI=1S/C30H43N3O7S/c1-20(2)17-33(32-41(37,38)26-10-9-21(3)24(15-26)19-34)18-28(35)27(13-22-7-5-4-6-8-22)31-30(36)40-25-14-23-11-12-39-29(23)16-25/h4-10,15,20,23,25,27-29,32,34-35H,11-14,16-19H2,1-3H3,(H,31,36). The van der Waals surface area contributed by atoms with E-state index in [2.05, 4.69) is 10.1 Å². The van der Waals surface area contributed by atoms with Gasteiger partial charge in [0.15, 0.2) is 0 Å². The molecule has 0 aromatic heterocycles. The van der Waals surface area contributed by atoms with Gasteiger partial charge in [-0.25, -0.2) is 18.2 Å². The Morgan fingerprint density at radius 3 is 2.59 bits per heavy atom. The number of hydrazine groups is 1. The maximum atomic E-state index is 13.3. The fraction of sp³-hybridized carbons (Fsp3) is 0.567. The number of hydrogen-bond acceptors (Lipinski definition) is 8. The average Bonchev–Trinajstić information content (AvgIpc) is 3.50. The van der Waals surface area contributed by atoms with Gasteiger partial charge in [0.1, 0.15) is 6.10 Å². The third-order valence-corrected chi connectivity index (χ3v) is 9.16. The van der Waals surface area contributed by atoms with Crippen molar-refractivity contribution in [2.24, 2.45) is 11.8 Å². The molecular formula is C30H43N3O7S. The van der Waals surface area contributed by atoms with Crippen LogP contribution in [-0.4, -0.2) is 73.8 Å². The largest absolute Gasteiger partial charge is 0.446 e. The summed E-state index contributed by atoms with van der Waals surface area (Å²) in [5.74, 6) is 0.489. The molecule has 1 heterocycles. The number of amides is 1. The van der Waals surface area contributed by atoms with Crippen LogP contribution in [0, 0.1) is 18.8 Å². The third-order valence-electron chi connectivity index (χ3n) is 7.79. The molecule has 5 atom stereocenters. The zero-order valence-electron chi connectivity index (χ0n) is 24.0. The van der Waals surface area contributed by atoms with Crippen LogP contribution in [-0.2, 0) is 32.5 Å². The summed E-state index contributed by atoms with van der Waals surface area (Å²) in [5.41, 5.74) is 2.22. The molecule has 11 heteroatoms. The molecule has 1 aliphatic carbocycles. The molecule has 0 radical (unpaired) electrons. The Morgan fingerprint density at radius 1 is 1.15 bits per heavy atom. The lowest BCUT2D eigenvalue weighted by Gasteiger charge is -2.31. The summed E-state index contributed by atoms with van der Waals surface area (Å²) >= 11 is 0. The predicted molar refractivity (Wildman–Crippen MR) is 154 cm³/mol. The number of hydrogen-bond donors (Lipinski definition) is 4. The van der Waals surface area contributed by atoms with E-state index in [4.69, 9.17) is 9.47 Å². The van der Waals surface area contributed by atoms with E-state index >= 15 is 0 Å². The highest BCUT2D eigenvalue weighted by Crippen LogP contribution is 2.37. The van der Waals surface area contributed by atoms with Gasteiger partial charge >= 0.3 is 6.09 Å². The predicted octanol–water partition coefficient (Wildman–Crippen LogP) is 2.90. The van der Waals surface area contributed by atoms with Crippen LogP contribution in [0.15, 0.2) is 53.4 Å². The van der Waals surface area contributed by atoms with Crippen molar-refractivity contribution in [2.75, 3.05) is 19.7 Å². The van der Waals surface area contributed by atoms with Crippen LogP contribution in [0.25, 0.3) is 0 Å². The van der Waals surface area contributed by atoms with Crippen molar-refractivity contribution in [1.82, 2.24) is 15.2 Å². The summed E-state index contributed by atoms with van der Waals surface area (Å²) < 4.78 is 38.0. The maximum absolute atomic E-state index is 13.3. The third kappa shape index (κ3) is 8.73. The van der Waals surface area contributed by atoms with E-state index in [1.54, 1.807) is 13.0 Å². The van der Waals surface area contributed by atoms with Crippen LogP contribution >= 0.6 is 0 Å². The molecular weight excluding hydrogens is 546 g/mol. The highest BCUT2D eigenvalue weighted by molar-refractivity contribution is 7.89. The van der Waals surface area contributed by atoms with Gasteiger partial charge in [0, 0.05) is 26.1 Å². The number of fused-ring (bicyclic) bond motifs is 1. The van der Waals surface area contributed by atoms with Gasteiger partial charge in [-0.1, -0.05) is 50.2 Å². The van der Waals surface area contributed by atoms with Crippen LogP contribution in [0.4, 0.5) is 4.79 Å². The quantitative estimate of drug-likeness (QED) is 0.262. The molecule has 2 aromatic rings. The molecule has 0 bridgehead atoms. The molecule has 4 N–H and O–H groups in total. The molecule has 1 saturated heterocycles. The first kappa shape index (κ1) is 31.4. The topological polar surface area (TPSA) is 137 Å². The van der Waals surface area contributed by atoms with Crippen molar-refractivity contribution in [3.8, 4) is 0 Å². The minimum Gasteiger partial charge on any atom is -0.446 e. The highest BCUT2D eigenvalue weighted by Gasteiger charge is 2.40. The number of aliphatic hydroxyl groups is 2. The number of ether oxygens (including phenoxy) is 2. The Kier molecular flexibility index (Phi) is 10.8. The van der Waals surface area contributed by atoms with E-state index in [9.17, 15) is 23.4 Å². The molecule has 2 aliphatic rings. The Balaban J connectivity index is 1.46. The summed E-state index contributed by atoms with van der Waals surface area (Å²) in [5, 5.41) is 25.3. The summed E-state index contributed by atoms with van der Waals surface area (Å²) in [6.07, 6.45) is 0.920. The molecule has 1 saturated carbocycles. The SMILES string of the molecule is Cc1ccc(S(=O)(=O)NN(CC(C)C)CC(O)C(Cc2ccccc2)NC(=O)OC2CC3CCOC3C2)cc1CO. The van der Waals surface area contributed by atoms with Crippen LogP contribution in [0.3, 0.4) is 0 Å². The van der Waals surface area contributed by atoms with E-state index in [0.717, 1.165) is 30.6 Å². The monoisotopic (exact) mass is 589 g/mol. The minimum atomic E-state index is -4.00. The zero-order valence-corrected chi connectivity index (χ0v) is 24.8. The number of benzene rings is 2. The normalized spacial score (nSPS) is 22.1. The van der Waals surface area contributed by atoms with Gasteiger partial charge in [0.25, 0.3) is 10.0 Å². The van der Waals surface area contributed by atoms with Gasteiger partial charge in [-0.05, 0) is 66.8 Å². The van der Waals surface area contributed by atoms with Crippen LogP contribution in [0.2, 0.25) is 0 Å². The zero-order chi connectivity index (χ0) is 29.6. The van der Waals surface area contributed by atoms with Crippen molar-refractivity contribution in [3.05, 3.63) is 65.2 Å². The van der Waals surface area contributed by atoms with Gasteiger partial charge in [-0.15, -0.1) is 4.83 Å². The molecule has 4 rings (SSSR count). The number of carbonyl (C=O) groups is 1. The second-order valence-corrected chi connectivity index (χ2v) is 13.3. The van der Waals surface area contributed by atoms with Gasteiger partial charge in [0.05, 0.1) is 29.8 Å². The van der Waals surface area contributed by atoms with Crippen LogP contribution < -0.4 is 10.1 Å². The lowest BCUT2D eigenvalue weighted by molar-refractivity contribution is 0.0457. The molecule has 10 nitrogen and oxygen atoms in total. The fourth-order valence-electron chi connectivity index (χ4n) is 5.65. The molecule has 0 spiro atoms. The van der Waals surface area contributed by atoms with E-state index in [0.29, 0.717) is 30.9 Å². The van der Waals surface area contributed by atoms with E-state index in [1.165, 1.54) is 17.1 Å². The first-order valence-corrected chi connectivity index (χ1v) is 15.8. The van der Waals surface area contributed by atoms with Crippen molar-refractivity contribution in [1.29, 1.82) is 0 Å². The molecule has 2 aromatic carbocycles. The van der Waals surface area contributed by atoms with Gasteiger partial charge < -0.3 is 25.0 Å². The highest BCUT2D eigenvalue weighted by atomic mass is 32.2. The lowest BCUT2D eigenvalue weighted by Crippen LogP contribution is -2.54. The number of nitrogens with zero attached hydrogens (tertiary/aromatic N) is 1. The van der Waals surface area contributed by atoms with Gasteiger partial charge in [-0.2, -0.15) is 0 Å². The van der Waals surface area contributed by atoms with Gasteiger partial charge in [-0.3, -0.25) is 0 Å². The van der Waals surface area contributed by atoms with Crippen molar-refractivity contribution >= 4 is 16.1 Å². The molecule has 41 heavy (non-hydrogen) atoms. The Labute approximate surface area is 243 Å². The Hall–Kier alpha value is -2.54. The summed E-state index contributed by atoms with van der Waals surface area (Å²) in [7, 11) is -4.00. The van der Waals surface area contributed by atoms with E-state index in [1.807, 2.05) is 44.2 Å². The average molecular weight is 590 g/mol. The molecule has 1 amide bonds. The molecule has 5 unspecified atom stereocenters. The van der Waals surface area contributed by atoms with Crippen molar-refractivity contribution < 1.29 is 32.9 Å². The first-order chi connectivity index (χ1) is 19.5. The van der Waals surface area contributed by atoms with E-state index in [-0.39, 0.29) is 36.2 Å².